The SMILES string of the molecule is O=C1COc2cc(C(=O)N3CC=C(CCN4C(=O)c5ccccc5C4=O)CC3)ccc2N1. The number of anilines is 1. The van der Waals surface area contributed by atoms with Crippen molar-refractivity contribution < 1.29 is 23.9 Å². The third kappa shape index (κ3) is 3.53. The molecule has 2 aromatic carbocycles. The predicted molar refractivity (Wildman–Crippen MR) is 116 cm³/mol. The topological polar surface area (TPSA) is 96.0 Å². The molecule has 3 heterocycles. The van der Waals surface area contributed by atoms with Crippen LogP contribution in [0.2, 0.25) is 0 Å². The second kappa shape index (κ2) is 7.96. The zero-order chi connectivity index (χ0) is 22.2. The van der Waals surface area contributed by atoms with Crippen LogP contribution in [-0.2, 0) is 4.79 Å². The van der Waals surface area contributed by atoms with Crippen molar-refractivity contribution in [3.8, 4) is 5.75 Å². The Hall–Kier alpha value is -3.94. The summed E-state index contributed by atoms with van der Waals surface area (Å²) in [7, 11) is 0. The number of rotatable bonds is 4. The molecule has 0 spiro atoms. The largest absolute Gasteiger partial charge is 0.482 e. The third-order valence-electron chi connectivity index (χ3n) is 5.99. The van der Waals surface area contributed by atoms with Crippen molar-refractivity contribution >= 4 is 29.3 Å². The Labute approximate surface area is 184 Å². The fourth-order valence-corrected chi connectivity index (χ4v) is 4.21. The molecule has 5 rings (SSSR count). The molecule has 0 atom stereocenters. The van der Waals surface area contributed by atoms with Crippen LogP contribution >= 0.6 is 0 Å². The number of benzene rings is 2. The van der Waals surface area contributed by atoms with Gasteiger partial charge >= 0.3 is 0 Å². The van der Waals surface area contributed by atoms with Gasteiger partial charge in [0.1, 0.15) is 5.75 Å². The molecule has 0 saturated heterocycles. The van der Waals surface area contributed by atoms with Gasteiger partial charge in [-0.05, 0) is 43.2 Å². The van der Waals surface area contributed by atoms with Gasteiger partial charge in [-0.2, -0.15) is 0 Å². The van der Waals surface area contributed by atoms with Gasteiger partial charge in [-0.25, -0.2) is 0 Å². The lowest BCUT2D eigenvalue weighted by Gasteiger charge is -2.28. The average Bonchev–Trinajstić information content (AvgIpc) is 3.07. The molecule has 3 aliphatic rings. The summed E-state index contributed by atoms with van der Waals surface area (Å²) < 4.78 is 5.40. The van der Waals surface area contributed by atoms with Crippen LogP contribution in [-0.4, -0.2) is 59.7 Å². The van der Waals surface area contributed by atoms with Crippen molar-refractivity contribution in [3.63, 3.8) is 0 Å². The zero-order valence-electron chi connectivity index (χ0n) is 17.3. The molecule has 8 nitrogen and oxygen atoms in total. The third-order valence-corrected chi connectivity index (χ3v) is 5.99. The highest BCUT2D eigenvalue weighted by atomic mass is 16.5. The Morgan fingerprint density at radius 1 is 1.03 bits per heavy atom. The summed E-state index contributed by atoms with van der Waals surface area (Å²) in [5, 5.41) is 2.71. The van der Waals surface area contributed by atoms with Gasteiger partial charge in [-0.3, -0.25) is 24.1 Å². The van der Waals surface area contributed by atoms with Gasteiger partial charge in [-0.15, -0.1) is 0 Å². The molecule has 0 aliphatic carbocycles. The van der Waals surface area contributed by atoms with Gasteiger partial charge in [0.25, 0.3) is 23.6 Å². The van der Waals surface area contributed by atoms with E-state index < -0.39 is 0 Å². The number of nitrogens with zero attached hydrogens (tertiary/aromatic N) is 2. The van der Waals surface area contributed by atoms with Crippen molar-refractivity contribution in [3.05, 3.63) is 70.8 Å². The lowest BCUT2D eigenvalue weighted by molar-refractivity contribution is -0.118. The number of nitrogens with one attached hydrogen (secondary N) is 1. The number of hydrogen-bond donors (Lipinski definition) is 1. The van der Waals surface area contributed by atoms with E-state index in [2.05, 4.69) is 5.32 Å². The molecule has 0 unspecified atom stereocenters. The summed E-state index contributed by atoms with van der Waals surface area (Å²) in [6.45, 7) is 1.29. The van der Waals surface area contributed by atoms with E-state index in [1.807, 2.05) is 6.08 Å². The molecular formula is C24H21N3O5. The Balaban J connectivity index is 1.19. The summed E-state index contributed by atoms with van der Waals surface area (Å²) >= 11 is 0. The van der Waals surface area contributed by atoms with Crippen molar-refractivity contribution in [1.29, 1.82) is 0 Å². The van der Waals surface area contributed by atoms with E-state index >= 15 is 0 Å². The number of carbonyl (C=O) groups excluding carboxylic acids is 4. The molecule has 8 heteroatoms. The quantitative estimate of drug-likeness (QED) is 0.593. The minimum atomic E-state index is -0.246. The van der Waals surface area contributed by atoms with Crippen molar-refractivity contribution in [2.75, 3.05) is 31.6 Å². The number of hydrogen-bond acceptors (Lipinski definition) is 5. The molecule has 1 N–H and O–H groups in total. The number of imide groups is 1. The summed E-state index contributed by atoms with van der Waals surface area (Å²) in [5.41, 5.74) is 3.11. The van der Waals surface area contributed by atoms with Crippen molar-refractivity contribution in [2.45, 2.75) is 12.8 Å². The lowest BCUT2D eigenvalue weighted by Crippen LogP contribution is -2.36. The van der Waals surface area contributed by atoms with Crippen LogP contribution in [0.15, 0.2) is 54.1 Å². The van der Waals surface area contributed by atoms with Crippen LogP contribution in [0, 0.1) is 0 Å². The minimum Gasteiger partial charge on any atom is -0.482 e. The maximum absolute atomic E-state index is 12.9. The fourth-order valence-electron chi connectivity index (χ4n) is 4.21. The van der Waals surface area contributed by atoms with Crippen LogP contribution in [0.3, 0.4) is 0 Å². The summed E-state index contributed by atoms with van der Waals surface area (Å²) in [6.07, 6.45) is 3.28. The second-order valence-electron chi connectivity index (χ2n) is 7.97. The highest BCUT2D eigenvalue weighted by molar-refractivity contribution is 6.21. The van der Waals surface area contributed by atoms with E-state index in [-0.39, 0.29) is 30.2 Å². The Morgan fingerprint density at radius 2 is 1.78 bits per heavy atom. The van der Waals surface area contributed by atoms with Crippen molar-refractivity contribution in [2.24, 2.45) is 0 Å². The lowest BCUT2D eigenvalue weighted by atomic mass is 10.0. The maximum atomic E-state index is 12.9. The van der Waals surface area contributed by atoms with E-state index in [1.165, 1.54) is 4.90 Å². The minimum absolute atomic E-state index is 0.0619. The van der Waals surface area contributed by atoms with Crippen LogP contribution < -0.4 is 10.1 Å². The highest BCUT2D eigenvalue weighted by Crippen LogP contribution is 2.29. The fraction of sp³-hybridized carbons (Fsp3) is 0.250. The molecule has 32 heavy (non-hydrogen) atoms. The first-order valence-corrected chi connectivity index (χ1v) is 10.5. The monoisotopic (exact) mass is 431 g/mol. The zero-order valence-corrected chi connectivity index (χ0v) is 17.3. The summed E-state index contributed by atoms with van der Waals surface area (Å²) in [4.78, 5) is 52.3. The molecule has 0 saturated carbocycles. The van der Waals surface area contributed by atoms with E-state index in [0.717, 1.165) is 5.57 Å². The van der Waals surface area contributed by atoms with Crippen molar-refractivity contribution in [1.82, 2.24) is 9.80 Å². The van der Waals surface area contributed by atoms with Crippen LogP contribution in [0.25, 0.3) is 0 Å². The van der Waals surface area contributed by atoms with Crippen LogP contribution in [0.1, 0.15) is 43.9 Å². The summed E-state index contributed by atoms with van der Waals surface area (Å²) in [6, 6.07) is 11.9. The molecule has 4 amide bonds. The first kappa shape index (κ1) is 20.0. The van der Waals surface area contributed by atoms with E-state index in [4.69, 9.17) is 4.74 Å². The normalized spacial score (nSPS) is 17.4. The Morgan fingerprint density at radius 3 is 2.47 bits per heavy atom. The second-order valence-corrected chi connectivity index (χ2v) is 7.97. The first-order valence-electron chi connectivity index (χ1n) is 10.5. The highest BCUT2D eigenvalue weighted by Gasteiger charge is 2.34. The number of ether oxygens (including phenoxy) is 1. The van der Waals surface area contributed by atoms with Crippen LogP contribution in [0.5, 0.6) is 5.75 Å². The number of carbonyl (C=O) groups is 4. The van der Waals surface area contributed by atoms with E-state index in [9.17, 15) is 19.2 Å². The molecular weight excluding hydrogens is 410 g/mol. The molecule has 0 aromatic heterocycles. The maximum Gasteiger partial charge on any atom is 0.262 e. The van der Waals surface area contributed by atoms with E-state index in [0.29, 0.717) is 60.6 Å². The van der Waals surface area contributed by atoms with Gasteiger partial charge in [0, 0.05) is 25.2 Å². The number of fused-ring (bicyclic) bond motifs is 2. The van der Waals surface area contributed by atoms with Crippen LogP contribution in [0.4, 0.5) is 5.69 Å². The molecule has 0 bridgehead atoms. The predicted octanol–water partition coefficient (Wildman–Crippen LogP) is 2.48. The van der Waals surface area contributed by atoms with E-state index in [1.54, 1.807) is 47.4 Å². The van der Waals surface area contributed by atoms with Gasteiger partial charge in [0.2, 0.25) is 0 Å². The van der Waals surface area contributed by atoms with Gasteiger partial charge in [0.15, 0.2) is 6.61 Å². The molecule has 2 aromatic rings. The van der Waals surface area contributed by atoms with Gasteiger partial charge < -0.3 is 15.0 Å². The standard InChI is InChI=1S/C24H21N3O5/c28-21-14-32-20-13-16(5-6-19(20)25-21)22(29)26-10-7-15(8-11-26)9-12-27-23(30)17-3-1-2-4-18(17)24(27)31/h1-7,13H,8-12,14H2,(H,25,28). The number of amides is 4. The van der Waals surface area contributed by atoms with Gasteiger partial charge in [0.05, 0.1) is 16.8 Å². The Bertz CT molecular complexity index is 1150. The molecule has 3 aliphatic heterocycles. The molecule has 0 fully saturated rings. The first-order chi connectivity index (χ1) is 15.5. The molecule has 162 valence electrons. The Kier molecular flexibility index (Phi) is 4.97. The average molecular weight is 431 g/mol. The summed E-state index contributed by atoms with van der Waals surface area (Å²) in [5.74, 6) is -0.325. The smallest absolute Gasteiger partial charge is 0.262 e. The van der Waals surface area contributed by atoms with Gasteiger partial charge in [-0.1, -0.05) is 23.8 Å². The molecule has 0 radical (unpaired) electrons.